The maximum absolute atomic E-state index is 13.6. The second kappa shape index (κ2) is 5.85. The molecule has 2 aromatic rings. The Morgan fingerprint density at radius 3 is 2.61 bits per heavy atom. The zero-order valence-corrected chi connectivity index (χ0v) is 12.3. The van der Waals surface area contributed by atoms with E-state index in [1.54, 1.807) is 12.1 Å². The average molecular weight is 328 g/mol. The van der Waals surface area contributed by atoms with Crippen LogP contribution in [0.1, 0.15) is 21.5 Å². The van der Waals surface area contributed by atoms with Crippen LogP contribution in [-0.2, 0) is 6.42 Å². The molecular formula is C15H13BrClF. The molecule has 0 fully saturated rings. The molecule has 0 aromatic heterocycles. The van der Waals surface area contributed by atoms with Crippen molar-refractivity contribution in [3.8, 4) is 0 Å². The average Bonchev–Trinajstić information content (AvgIpc) is 2.35. The zero-order chi connectivity index (χ0) is 13.1. The molecule has 2 aromatic carbocycles. The van der Waals surface area contributed by atoms with E-state index in [0.29, 0.717) is 12.0 Å². The SMILES string of the molecule is Cc1cccc(C(Br)Cc2ccccc2F)c1Cl. The highest BCUT2D eigenvalue weighted by molar-refractivity contribution is 9.09. The van der Waals surface area contributed by atoms with E-state index >= 15 is 0 Å². The molecule has 3 heteroatoms. The van der Waals surface area contributed by atoms with E-state index in [1.165, 1.54) is 6.07 Å². The van der Waals surface area contributed by atoms with Crippen molar-refractivity contribution in [2.45, 2.75) is 18.2 Å². The van der Waals surface area contributed by atoms with Gasteiger partial charge in [-0.05, 0) is 36.1 Å². The van der Waals surface area contributed by atoms with Gasteiger partial charge in [0.2, 0.25) is 0 Å². The van der Waals surface area contributed by atoms with Gasteiger partial charge in [0.25, 0.3) is 0 Å². The van der Waals surface area contributed by atoms with Crippen LogP contribution in [0.3, 0.4) is 0 Å². The predicted octanol–water partition coefficient (Wildman–Crippen LogP) is 5.47. The highest BCUT2D eigenvalue weighted by Crippen LogP contribution is 2.34. The summed E-state index contributed by atoms with van der Waals surface area (Å²) in [7, 11) is 0. The van der Waals surface area contributed by atoms with Crippen molar-refractivity contribution >= 4 is 27.5 Å². The van der Waals surface area contributed by atoms with Crippen molar-refractivity contribution in [3.63, 3.8) is 0 Å². The summed E-state index contributed by atoms with van der Waals surface area (Å²) >= 11 is 9.86. The number of rotatable bonds is 3. The van der Waals surface area contributed by atoms with Crippen LogP contribution in [0.15, 0.2) is 42.5 Å². The summed E-state index contributed by atoms with van der Waals surface area (Å²) in [5, 5.41) is 0.746. The van der Waals surface area contributed by atoms with Crippen molar-refractivity contribution in [2.75, 3.05) is 0 Å². The molecule has 0 aliphatic carbocycles. The third kappa shape index (κ3) is 2.93. The van der Waals surface area contributed by atoms with Crippen molar-refractivity contribution in [2.24, 2.45) is 0 Å². The highest BCUT2D eigenvalue weighted by Gasteiger charge is 2.14. The van der Waals surface area contributed by atoms with E-state index in [1.807, 2.05) is 31.2 Å². The second-order valence-electron chi connectivity index (χ2n) is 4.24. The summed E-state index contributed by atoms with van der Waals surface area (Å²) in [6.07, 6.45) is 0.579. The molecule has 0 nitrogen and oxygen atoms in total. The fourth-order valence-corrected chi connectivity index (χ4v) is 3.00. The van der Waals surface area contributed by atoms with Crippen LogP contribution in [0.4, 0.5) is 4.39 Å². The van der Waals surface area contributed by atoms with E-state index < -0.39 is 0 Å². The molecule has 1 atom stereocenters. The van der Waals surface area contributed by atoms with Crippen LogP contribution in [0.2, 0.25) is 5.02 Å². The van der Waals surface area contributed by atoms with Gasteiger partial charge in [-0.3, -0.25) is 0 Å². The van der Waals surface area contributed by atoms with Crippen molar-refractivity contribution in [3.05, 3.63) is 70.0 Å². The standard InChI is InChI=1S/C15H13BrClF/c1-10-5-4-7-12(15(10)17)13(16)9-11-6-2-3-8-14(11)18/h2-8,13H,9H2,1H3. The summed E-state index contributed by atoms with van der Waals surface area (Å²) in [4.78, 5) is 0.0156. The molecule has 0 saturated carbocycles. The van der Waals surface area contributed by atoms with Gasteiger partial charge in [0, 0.05) is 9.85 Å². The molecular weight excluding hydrogens is 315 g/mol. The van der Waals surface area contributed by atoms with E-state index in [9.17, 15) is 4.39 Å². The monoisotopic (exact) mass is 326 g/mol. The van der Waals surface area contributed by atoms with Gasteiger partial charge in [-0.1, -0.05) is 63.9 Å². The molecule has 0 aliphatic rings. The maximum atomic E-state index is 13.6. The molecule has 0 heterocycles. The topological polar surface area (TPSA) is 0 Å². The molecule has 0 radical (unpaired) electrons. The van der Waals surface area contributed by atoms with Crippen LogP contribution in [0, 0.1) is 12.7 Å². The number of hydrogen-bond acceptors (Lipinski definition) is 0. The van der Waals surface area contributed by atoms with Gasteiger partial charge < -0.3 is 0 Å². The molecule has 1 unspecified atom stereocenters. The van der Waals surface area contributed by atoms with Gasteiger partial charge in [0.15, 0.2) is 0 Å². The second-order valence-corrected chi connectivity index (χ2v) is 5.72. The Morgan fingerprint density at radius 1 is 1.17 bits per heavy atom. The van der Waals surface area contributed by atoms with Gasteiger partial charge in [-0.25, -0.2) is 4.39 Å². The van der Waals surface area contributed by atoms with Crippen molar-refractivity contribution < 1.29 is 4.39 Å². The van der Waals surface area contributed by atoms with Crippen molar-refractivity contribution in [1.82, 2.24) is 0 Å². The summed E-state index contributed by atoms with van der Waals surface area (Å²) in [6, 6.07) is 12.7. The van der Waals surface area contributed by atoms with E-state index in [0.717, 1.165) is 16.1 Å². The van der Waals surface area contributed by atoms with Gasteiger partial charge in [0.1, 0.15) is 5.82 Å². The first-order valence-electron chi connectivity index (χ1n) is 5.72. The van der Waals surface area contributed by atoms with E-state index in [4.69, 9.17) is 11.6 Å². The lowest BCUT2D eigenvalue weighted by molar-refractivity contribution is 0.608. The minimum absolute atomic E-state index is 0.0156. The number of alkyl halides is 1. The Morgan fingerprint density at radius 2 is 1.89 bits per heavy atom. The van der Waals surface area contributed by atoms with Gasteiger partial charge in [-0.2, -0.15) is 0 Å². The van der Waals surface area contributed by atoms with Crippen LogP contribution in [0.5, 0.6) is 0 Å². The third-order valence-corrected chi connectivity index (χ3v) is 4.25. The van der Waals surface area contributed by atoms with Crippen LogP contribution < -0.4 is 0 Å². The minimum Gasteiger partial charge on any atom is -0.207 e. The lowest BCUT2D eigenvalue weighted by Crippen LogP contribution is -1.99. The first-order chi connectivity index (χ1) is 8.59. The lowest BCUT2D eigenvalue weighted by atomic mass is 10.0. The fourth-order valence-electron chi connectivity index (χ4n) is 1.88. The Labute approximate surface area is 120 Å². The molecule has 94 valence electrons. The molecule has 2 rings (SSSR count). The first-order valence-corrected chi connectivity index (χ1v) is 7.01. The van der Waals surface area contributed by atoms with Gasteiger partial charge in [0.05, 0.1) is 0 Å². The molecule has 18 heavy (non-hydrogen) atoms. The number of aryl methyl sites for hydroxylation is 1. The smallest absolute Gasteiger partial charge is 0.126 e. The molecule has 0 aliphatic heterocycles. The quantitative estimate of drug-likeness (QED) is 0.656. The molecule has 0 N–H and O–H groups in total. The van der Waals surface area contributed by atoms with Crippen LogP contribution in [-0.4, -0.2) is 0 Å². The highest BCUT2D eigenvalue weighted by atomic mass is 79.9. The van der Waals surface area contributed by atoms with Crippen molar-refractivity contribution in [1.29, 1.82) is 0 Å². The number of hydrogen-bond donors (Lipinski definition) is 0. The molecule has 0 saturated heterocycles. The minimum atomic E-state index is -0.175. The Hall–Kier alpha value is -0.860. The number of halogens is 3. The Balaban J connectivity index is 2.25. The first kappa shape index (κ1) is 13.6. The Kier molecular flexibility index (Phi) is 4.41. The van der Waals surface area contributed by atoms with E-state index in [2.05, 4.69) is 15.9 Å². The molecule has 0 spiro atoms. The maximum Gasteiger partial charge on any atom is 0.126 e. The third-order valence-electron chi connectivity index (χ3n) is 2.92. The molecule has 0 amide bonds. The Bertz CT molecular complexity index is 554. The summed E-state index contributed by atoms with van der Waals surface area (Å²) in [5.41, 5.74) is 2.73. The summed E-state index contributed by atoms with van der Waals surface area (Å²) in [5.74, 6) is -0.175. The normalized spacial score (nSPS) is 12.4. The van der Waals surface area contributed by atoms with E-state index in [-0.39, 0.29) is 10.6 Å². The fraction of sp³-hybridized carbons (Fsp3) is 0.200. The van der Waals surface area contributed by atoms with Gasteiger partial charge >= 0.3 is 0 Å². The van der Waals surface area contributed by atoms with Crippen LogP contribution >= 0.6 is 27.5 Å². The van der Waals surface area contributed by atoms with Crippen LogP contribution in [0.25, 0.3) is 0 Å². The predicted molar refractivity (Wildman–Crippen MR) is 78.0 cm³/mol. The zero-order valence-electron chi connectivity index (χ0n) is 9.96. The lowest BCUT2D eigenvalue weighted by Gasteiger charge is -2.14. The molecule has 0 bridgehead atoms. The largest absolute Gasteiger partial charge is 0.207 e. The summed E-state index contributed by atoms with van der Waals surface area (Å²) in [6.45, 7) is 1.97. The number of benzene rings is 2. The van der Waals surface area contributed by atoms with Gasteiger partial charge in [-0.15, -0.1) is 0 Å². The summed E-state index contributed by atoms with van der Waals surface area (Å²) < 4.78 is 13.6.